The van der Waals surface area contributed by atoms with E-state index < -0.39 is 10.0 Å². The number of sulfonamides is 1. The number of aryl methyl sites for hydroxylation is 2. The maximum Gasteiger partial charge on any atom is 0.243 e. The molecule has 162 valence electrons. The Kier molecular flexibility index (Phi) is 7.67. The van der Waals surface area contributed by atoms with E-state index in [1.54, 1.807) is 16.4 Å². The normalized spacial score (nSPS) is 16.9. The molecule has 2 aromatic carbocycles. The summed E-state index contributed by atoms with van der Waals surface area (Å²) in [6, 6.07) is 17.4. The summed E-state index contributed by atoms with van der Waals surface area (Å²) < 4.78 is 27.2. The van der Waals surface area contributed by atoms with E-state index in [2.05, 4.69) is 17.4 Å². The second-order valence-corrected chi connectivity index (χ2v) is 10.3. The molecule has 1 amide bonds. The van der Waals surface area contributed by atoms with Crippen molar-refractivity contribution in [1.82, 2.24) is 9.62 Å². The minimum atomic E-state index is -3.45. The van der Waals surface area contributed by atoms with Gasteiger partial charge in [-0.2, -0.15) is 4.31 Å². The van der Waals surface area contributed by atoms with Gasteiger partial charge >= 0.3 is 0 Å². The van der Waals surface area contributed by atoms with Crippen molar-refractivity contribution in [3.05, 3.63) is 65.7 Å². The molecule has 1 saturated heterocycles. The quantitative estimate of drug-likeness (QED) is 0.693. The molecular weight excluding hydrogens is 396 g/mol. The van der Waals surface area contributed by atoms with Crippen molar-refractivity contribution in [1.29, 1.82) is 0 Å². The van der Waals surface area contributed by atoms with Crippen LogP contribution in [0.25, 0.3) is 0 Å². The third-order valence-corrected chi connectivity index (χ3v) is 7.74. The van der Waals surface area contributed by atoms with Crippen molar-refractivity contribution in [2.45, 2.75) is 56.9 Å². The van der Waals surface area contributed by atoms with Crippen molar-refractivity contribution < 1.29 is 13.2 Å². The molecule has 5 nitrogen and oxygen atoms in total. The van der Waals surface area contributed by atoms with E-state index in [4.69, 9.17) is 0 Å². The lowest BCUT2D eigenvalue weighted by Crippen LogP contribution is -2.40. The molecule has 0 aliphatic carbocycles. The van der Waals surface area contributed by atoms with Crippen LogP contribution in [0.1, 0.15) is 43.7 Å². The van der Waals surface area contributed by atoms with Gasteiger partial charge in [0.15, 0.2) is 0 Å². The average Bonchev–Trinajstić information content (AvgIpc) is 2.73. The van der Waals surface area contributed by atoms with Gasteiger partial charge in [0.2, 0.25) is 15.9 Å². The first-order valence-electron chi connectivity index (χ1n) is 10.7. The second kappa shape index (κ2) is 10.2. The van der Waals surface area contributed by atoms with E-state index in [1.807, 2.05) is 44.2 Å². The Balaban J connectivity index is 1.42. The van der Waals surface area contributed by atoms with E-state index in [-0.39, 0.29) is 17.9 Å². The molecule has 1 atom stereocenters. The van der Waals surface area contributed by atoms with Crippen LogP contribution in [0, 0.1) is 12.8 Å². The van der Waals surface area contributed by atoms with E-state index in [1.165, 1.54) is 5.56 Å². The van der Waals surface area contributed by atoms with Gasteiger partial charge < -0.3 is 5.32 Å². The van der Waals surface area contributed by atoms with Crippen molar-refractivity contribution in [2.75, 3.05) is 13.1 Å². The van der Waals surface area contributed by atoms with Crippen LogP contribution < -0.4 is 5.32 Å². The summed E-state index contributed by atoms with van der Waals surface area (Å²) in [6.45, 7) is 4.92. The maximum absolute atomic E-state index is 12.8. The lowest BCUT2D eigenvalue weighted by Gasteiger charge is -2.31. The molecule has 0 aromatic heterocycles. The van der Waals surface area contributed by atoms with Crippen molar-refractivity contribution in [2.24, 2.45) is 5.92 Å². The zero-order chi connectivity index (χ0) is 21.6. The molecule has 1 aliphatic heterocycles. The Morgan fingerprint density at radius 3 is 2.33 bits per heavy atom. The number of amides is 1. The van der Waals surface area contributed by atoms with Crippen LogP contribution in [-0.2, 0) is 21.2 Å². The van der Waals surface area contributed by atoms with Crippen molar-refractivity contribution >= 4 is 15.9 Å². The summed E-state index contributed by atoms with van der Waals surface area (Å²) in [7, 11) is -3.45. The number of benzene rings is 2. The van der Waals surface area contributed by atoms with Gasteiger partial charge in [0.05, 0.1) is 4.90 Å². The minimum Gasteiger partial charge on any atom is -0.354 e. The molecule has 1 aliphatic rings. The number of nitrogens with one attached hydrogen (secondary N) is 1. The van der Waals surface area contributed by atoms with Gasteiger partial charge in [0.25, 0.3) is 0 Å². The molecule has 6 heteroatoms. The van der Waals surface area contributed by atoms with Crippen LogP contribution in [0.3, 0.4) is 0 Å². The van der Waals surface area contributed by atoms with Gasteiger partial charge in [0, 0.05) is 25.6 Å². The highest BCUT2D eigenvalue weighted by Crippen LogP contribution is 2.26. The smallest absolute Gasteiger partial charge is 0.243 e. The molecule has 0 bridgehead atoms. The van der Waals surface area contributed by atoms with E-state index in [9.17, 15) is 13.2 Å². The highest BCUT2D eigenvalue weighted by Gasteiger charge is 2.30. The monoisotopic (exact) mass is 428 g/mol. The standard InChI is InChI=1S/C24H32N2O3S/c1-19-8-12-23(13-9-19)30(28,29)26-16-14-22(15-17-26)18-24(27)25-20(2)10-11-21-6-4-3-5-7-21/h3-9,12-13,20,22H,10-11,14-18H2,1-2H3,(H,25,27)/t20-/m0/s1. The molecule has 3 rings (SSSR count). The average molecular weight is 429 g/mol. The van der Waals surface area contributed by atoms with Gasteiger partial charge in [-0.25, -0.2) is 8.42 Å². The Bertz CT molecular complexity index is 919. The van der Waals surface area contributed by atoms with E-state index >= 15 is 0 Å². The fourth-order valence-corrected chi connectivity index (χ4v) is 5.38. The number of hydrogen-bond acceptors (Lipinski definition) is 3. The van der Waals surface area contributed by atoms with Crippen molar-refractivity contribution in [3.63, 3.8) is 0 Å². The van der Waals surface area contributed by atoms with Gasteiger partial charge in [-0.15, -0.1) is 0 Å². The summed E-state index contributed by atoms with van der Waals surface area (Å²) in [5.41, 5.74) is 2.32. The summed E-state index contributed by atoms with van der Waals surface area (Å²) >= 11 is 0. The molecule has 0 radical (unpaired) electrons. The number of piperidine rings is 1. The largest absolute Gasteiger partial charge is 0.354 e. The van der Waals surface area contributed by atoms with Crippen molar-refractivity contribution in [3.8, 4) is 0 Å². The molecule has 1 N–H and O–H groups in total. The summed E-state index contributed by atoms with van der Waals surface area (Å²) in [6.07, 6.45) is 3.75. The van der Waals surface area contributed by atoms with Gasteiger partial charge in [-0.3, -0.25) is 4.79 Å². The number of carbonyl (C=O) groups is 1. The predicted molar refractivity (Wildman–Crippen MR) is 120 cm³/mol. The Morgan fingerprint density at radius 1 is 1.07 bits per heavy atom. The van der Waals surface area contributed by atoms with Crippen LogP contribution in [0.15, 0.2) is 59.5 Å². The fourth-order valence-electron chi connectivity index (χ4n) is 3.91. The zero-order valence-electron chi connectivity index (χ0n) is 17.9. The van der Waals surface area contributed by atoms with Crippen LogP contribution in [0.4, 0.5) is 0 Å². The Labute approximate surface area is 180 Å². The minimum absolute atomic E-state index is 0.0652. The molecule has 0 saturated carbocycles. The van der Waals surface area contributed by atoms with Crippen LogP contribution in [-0.4, -0.2) is 37.8 Å². The second-order valence-electron chi connectivity index (χ2n) is 8.36. The lowest BCUT2D eigenvalue weighted by molar-refractivity contribution is -0.122. The first-order valence-corrected chi connectivity index (χ1v) is 12.2. The van der Waals surface area contributed by atoms with E-state index in [0.29, 0.717) is 24.4 Å². The molecule has 2 aromatic rings. The number of carbonyl (C=O) groups excluding carboxylic acids is 1. The highest BCUT2D eigenvalue weighted by molar-refractivity contribution is 7.89. The highest BCUT2D eigenvalue weighted by atomic mass is 32.2. The predicted octanol–water partition coefficient (Wildman–Crippen LogP) is 3.92. The molecule has 30 heavy (non-hydrogen) atoms. The zero-order valence-corrected chi connectivity index (χ0v) is 18.7. The first kappa shape index (κ1) is 22.5. The summed E-state index contributed by atoms with van der Waals surface area (Å²) in [5.74, 6) is 0.297. The number of rotatable bonds is 8. The van der Waals surface area contributed by atoms with Gasteiger partial charge in [0.1, 0.15) is 0 Å². The van der Waals surface area contributed by atoms with Crippen LogP contribution in [0.2, 0.25) is 0 Å². The SMILES string of the molecule is Cc1ccc(S(=O)(=O)N2CCC(CC(=O)N[C@@H](C)CCc3ccccc3)CC2)cc1. The lowest BCUT2D eigenvalue weighted by atomic mass is 9.94. The van der Waals surface area contributed by atoms with Gasteiger partial charge in [-0.1, -0.05) is 48.0 Å². The molecule has 1 heterocycles. The van der Waals surface area contributed by atoms with E-state index in [0.717, 1.165) is 31.2 Å². The first-order chi connectivity index (χ1) is 14.3. The fraction of sp³-hybridized carbons (Fsp3) is 0.458. The Morgan fingerprint density at radius 2 is 1.70 bits per heavy atom. The molecule has 0 unspecified atom stereocenters. The summed E-state index contributed by atoms with van der Waals surface area (Å²) in [5, 5.41) is 3.10. The summed E-state index contributed by atoms with van der Waals surface area (Å²) in [4.78, 5) is 12.8. The molecular formula is C24H32N2O3S. The topological polar surface area (TPSA) is 66.5 Å². The van der Waals surface area contributed by atoms with Gasteiger partial charge in [-0.05, 0) is 63.1 Å². The third kappa shape index (κ3) is 6.16. The molecule has 1 fully saturated rings. The third-order valence-electron chi connectivity index (χ3n) is 5.82. The van der Waals surface area contributed by atoms with Crippen LogP contribution in [0.5, 0.6) is 0 Å². The number of hydrogen-bond donors (Lipinski definition) is 1. The number of nitrogens with zero attached hydrogens (tertiary/aromatic N) is 1. The Hall–Kier alpha value is -2.18. The van der Waals surface area contributed by atoms with Crippen LogP contribution >= 0.6 is 0 Å². The molecule has 0 spiro atoms. The maximum atomic E-state index is 12.8.